The Hall–Kier alpha value is -1.06. The van der Waals surface area contributed by atoms with Gasteiger partial charge in [-0.2, -0.15) is 0 Å². The third-order valence-electron chi connectivity index (χ3n) is 3.16. The van der Waals surface area contributed by atoms with E-state index in [4.69, 9.17) is 9.47 Å². The molecule has 0 spiro atoms. The van der Waals surface area contributed by atoms with Crippen LogP contribution in [0.25, 0.3) is 0 Å². The number of nitrogens with one attached hydrogen (secondary N) is 1. The molecule has 3 heteroatoms. The molecule has 0 saturated carbocycles. The number of benzene rings is 1. The maximum absolute atomic E-state index is 6.03. The van der Waals surface area contributed by atoms with Gasteiger partial charge in [-0.05, 0) is 50.6 Å². The zero-order chi connectivity index (χ0) is 12.3. The minimum atomic E-state index is 0.106. The summed E-state index contributed by atoms with van der Waals surface area (Å²) in [6.07, 6.45) is 1.11. The fraction of sp³-hybridized carbons (Fsp3) is 0.571. The zero-order valence-corrected chi connectivity index (χ0v) is 10.8. The molecular formula is C14H21NO2. The van der Waals surface area contributed by atoms with Crippen LogP contribution >= 0.6 is 0 Å². The SMILES string of the molecule is CNC1CCOCC1Oc1cc(C)cc(C)c1. The smallest absolute Gasteiger partial charge is 0.137 e. The van der Waals surface area contributed by atoms with Gasteiger partial charge in [0.15, 0.2) is 0 Å². The molecule has 0 amide bonds. The first-order valence-corrected chi connectivity index (χ1v) is 6.19. The van der Waals surface area contributed by atoms with Gasteiger partial charge in [-0.15, -0.1) is 0 Å². The van der Waals surface area contributed by atoms with E-state index in [1.54, 1.807) is 0 Å². The average Bonchev–Trinajstić information content (AvgIpc) is 2.28. The number of aryl methyl sites for hydroxylation is 2. The topological polar surface area (TPSA) is 30.5 Å². The van der Waals surface area contributed by atoms with E-state index < -0.39 is 0 Å². The van der Waals surface area contributed by atoms with E-state index >= 15 is 0 Å². The summed E-state index contributed by atoms with van der Waals surface area (Å²) in [7, 11) is 1.98. The predicted molar refractivity (Wildman–Crippen MR) is 68.6 cm³/mol. The summed E-state index contributed by atoms with van der Waals surface area (Å²) in [5, 5.41) is 3.30. The number of ether oxygens (including phenoxy) is 2. The van der Waals surface area contributed by atoms with Crippen LogP contribution in [0.5, 0.6) is 5.75 Å². The van der Waals surface area contributed by atoms with Crippen molar-refractivity contribution in [3.63, 3.8) is 0 Å². The van der Waals surface area contributed by atoms with E-state index in [-0.39, 0.29) is 6.10 Å². The van der Waals surface area contributed by atoms with Crippen LogP contribution in [-0.2, 0) is 4.74 Å². The Morgan fingerprint density at radius 2 is 1.94 bits per heavy atom. The van der Waals surface area contributed by atoms with Gasteiger partial charge in [-0.1, -0.05) is 6.07 Å². The minimum Gasteiger partial charge on any atom is -0.486 e. The molecule has 3 nitrogen and oxygen atoms in total. The summed E-state index contributed by atoms with van der Waals surface area (Å²) in [6, 6.07) is 6.69. The Morgan fingerprint density at radius 1 is 1.24 bits per heavy atom. The third-order valence-corrected chi connectivity index (χ3v) is 3.16. The van der Waals surface area contributed by atoms with Gasteiger partial charge in [0.25, 0.3) is 0 Å². The van der Waals surface area contributed by atoms with Crippen LogP contribution in [0, 0.1) is 13.8 Å². The fourth-order valence-corrected chi connectivity index (χ4v) is 2.33. The average molecular weight is 235 g/mol. The number of hydrogen-bond donors (Lipinski definition) is 1. The van der Waals surface area contributed by atoms with Crippen molar-refractivity contribution in [1.29, 1.82) is 0 Å². The summed E-state index contributed by atoms with van der Waals surface area (Å²) in [5.41, 5.74) is 2.47. The van der Waals surface area contributed by atoms with Gasteiger partial charge >= 0.3 is 0 Å². The highest BCUT2D eigenvalue weighted by atomic mass is 16.5. The molecule has 0 aromatic heterocycles. The molecule has 1 N–H and O–H groups in total. The lowest BCUT2D eigenvalue weighted by Gasteiger charge is -2.31. The first kappa shape index (κ1) is 12.4. The lowest BCUT2D eigenvalue weighted by molar-refractivity contribution is -0.0129. The quantitative estimate of drug-likeness (QED) is 0.870. The van der Waals surface area contributed by atoms with Crippen molar-refractivity contribution in [3.05, 3.63) is 29.3 Å². The standard InChI is InChI=1S/C14H21NO2/c1-10-6-11(2)8-12(7-10)17-14-9-16-5-4-13(14)15-3/h6-8,13-15H,4-5,9H2,1-3H3. The van der Waals surface area contributed by atoms with E-state index in [0.29, 0.717) is 12.6 Å². The lowest BCUT2D eigenvalue weighted by atomic mass is 10.1. The molecule has 17 heavy (non-hydrogen) atoms. The first-order chi connectivity index (χ1) is 8.19. The van der Waals surface area contributed by atoms with Crippen LogP contribution in [0.2, 0.25) is 0 Å². The van der Waals surface area contributed by atoms with Crippen molar-refractivity contribution >= 4 is 0 Å². The molecule has 1 heterocycles. The van der Waals surface area contributed by atoms with E-state index in [9.17, 15) is 0 Å². The summed E-state index contributed by atoms with van der Waals surface area (Å²) in [6.45, 7) is 5.66. The second kappa shape index (κ2) is 5.52. The largest absolute Gasteiger partial charge is 0.486 e. The van der Waals surface area contributed by atoms with Crippen molar-refractivity contribution in [2.24, 2.45) is 0 Å². The maximum atomic E-state index is 6.03. The molecule has 0 aliphatic carbocycles. The molecular weight excluding hydrogens is 214 g/mol. The lowest BCUT2D eigenvalue weighted by Crippen LogP contribution is -2.48. The summed E-state index contributed by atoms with van der Waals surface area (Å²) >= 11 is 0. The molecule has 1 fully saturated rings. The molecule has 0 radical (unpaired) electrons. The monoisotopic (exact) mass is 235 g/mol. The van der Waals surface area contributed by atoms with Crippen LogP contribution in [0.15, 0.2) is 18.2 Å². The highest BCUT2D eigenvalue weighted by Gasteiger charge is 2.26. The van der Waals surface area contributed by atoms with Crippen LogP contribution in [0.1, 0.15) is 17.5 Å². The molecule has 1 aliphatic rings. The van der Waals surface area contributed by atoms with Gasteiger partial charge in [-0.25, -0.2) is 0 Å². The highest BCUT2D eigenvalue weighted by molar-refractivity contribution is 5.33. The first-order valence-electron chi connectivity index (χ1n) is 6.19. The Kier molecular flexibility index (Phi) is 4.02. The molecule has 2 rings (SSSR count). The van der Waals surface area contributed by atoms with Gasteiger partial charge in [0.05, 0.1) is 6.61 Å². The normalized spacial score (nSPS) is 24.6. The van der Waals surface area contributed by atoms with Gasteiger partial charge in [0, 0.05) is 12.6 Å². The number of likely N-dealkylation sites (N-methyl/N-ethyl adjacent to an activating group) is 1. The Bertz CT molecular complexity index is 358. The van der Waals surface area contributed by atoms with Gasteiger partial charge < -0.3 is 14.8 Å². The second-order valence-electron chi connectivity index (χ2n) is 4.74. The fourth-order valence-electron chi connectivity index (χ4n) is 2.33. The molecule has 1 aromatic rings. The predicted octanol–water partition coefficient (Wildman–Crippen LogP) is 2.06. The van der Waals surface area contributed by atoms with Crippen LogP contribution in [-0.4, -0.2) is 32.4 Å². The molecule has 94 valence electrons. The molecule has 2 atom stereocenters. The summed E-state index contributed by atoms with van der Waals surface area (Å²) in [4.78, 5) is 0. The third kappa shape index (κ3) is 3.20. The van der Waals surface area contributed by atoms with Crippen molar-refractivity contribution in [1.82, 2.24) is 5.32 Å². The molecule has 1 saturated heterocycles. The van der Waals surface area contributed by atoms with Crippen molar-refractivity contribution in [2.45, 2.75) is 32.4 Å². The highest BCUT2D eigenvalue weighted by Crippen LogP contribution is 2.20. The molecule has 0 bridgehead atoms. The zero-order valence-electron chi connectivity index (χ0n) is 10.8. The van der Waals surface area contributed by atoms with Crippen molar-refractivity contribution in [3.8, 4) is 5.75 Å². The van der Waals surface area contributed by atoms with E-state index in [1.165, 1.54) is 11.1 Å². The number of hydrogen-bond acceptors (Lipinski definition) is 3. The molecule has 1 aromatic carbocycles. The molecule has 2 unspecified atom stereocenters. The summed E-state index contributed by atoms with van der Waals surface area (Å²) < 4.78 is 11.5. The van der Waals surface area contributed by atoms with E-state index in [0.717, 1.165) is 18.8 Å². The van der Waals surface area contributed by atoms with Gasteiger partial charge in [-0.3, -0.25) is 0 Å². The van der Waals surface area contributed by atoms with E-state index in [2.05, 4.69) is 37.4 Å². The van der Waals surface area contributed by atoms with Crippen molar-refractivity contribution < 1.29 is 9.47 Å². The summed E-state index contributed by atoms with van der Waals surface area (Å²) in [5.74, 6) is 0.943. The van der Waals surface area contributed by atoms with Crippen LogP contribution in [0.3, 0.4) is 0 Å². The molecule has 1 aliphatic heterocycles. The van der Waals surface area contributed by atoms with Gasteiger partial charge in [0.2, 0.25) is 0 Å². The van der Waals surface area contributed by atoms with E-state index in [1.807, 2.05) is 7.05 Å². The minimum absolute atomic E-state index is 0.106. The Labute approximate surface area is 103 Å². The Morgan fingerprint density at radius 3 is 2.59 bits per heavy atom. The maximum Gasteiger partial charge on any atom is 0.137 e. The van der Waals surface area contributed by atoms with Crippen LogP contribution < -0.4 is 10.1 Å². The van der Waals surface area contributed by atoms with Crippen LogP contribution in [0.4, 0.5) is 0 Å². The second-order valence-corrected chi connectivity index (χ2v) is 4.74. The van der Waals surface area contributed by atoms with Gasteiger partial charge in [0.1, 0.15) is 11.9 Å². The van der Waals surface area contributed by atoms with Crippen molar-refractivity contribution in [2.75, 3.05) is 20.3 Å². The number of rotatable bonds is 3. The Balaban J connectivity index is 2.08.